The van der Waals surface area contributed by atoms with Crippen molar-refractivity contribution >= 4 is 59.1 Å². The minimum absolute atomic E-state index is 0.0121. The molecule has 0 aliphatic rings. The lowest BCUT2D eigenvalue weighted by molar-refractivity contribution is -0.139. The van der Waals surface area contributed by atoms with Crippen LogP contribution in [0.1, 0.15) is 65.9 Å². The maximum absolute atomic E-state index is 13.7. The standard InChI is InChI=1S/C35H56N8O9S/c1-7-20(4)29(35(52)38-18-27(44)40-25(15-19(2)3)33(50)41-24(30(37)47)13-14-53-6)43-34(51)26(16-22-11-9-8-10-12-22)42-31(48)21(5)39-32(49)23(36)17-28(45)46/h8-12,19-21,23-26,29H,7,13-18,36H2,1-6H3,(H2,37,47)(H,38,52)(H,39,49)(H,40,44)(H,41,50)(H,42,48)(H,43,51)(H,45,46)/t20-,21-,23-,24-,25-,26-,29-/m0/s1. The molecule has 0 spiro atoms. The van der Waals surface area contributed by atoms with Crippen LogP contribution in [0.15, 0.2) is 30.3 Å². The Morgan fingerprint density at radius 3 is 1.92 bits per heavy atom. The predicted octanol–water partition coefficient (Wildman–Crippen LogP) is -1.08. The molecule has 0 bridgehead atoms. The zero-order valence-corrected chi connectivity index (χ0v) is 32.0. The molecule has 17 nitrogen and oxygen atoms in total. The van der Waals surface area contributed by atoms with Gasteiger partial charge in [0.1, 0.15) is 30.2 Å². The van der Waals surface area contributed by atoms with Gasteiger partial charge in [-0.3, -0.25) is 38.4 Å². The molecule has 18 heteroatoms. The molecule has 1 aromatic carbocycles. The predicted molar refractivity (Wildman–Crippen MR) is 200 cm³/mol. The second kappa shape index (κ2) is 23.8. The molecule has 296 valence electrons. The first-order valence-corrected chi connectivity index (χ1v) is 18.9. The molecule has 0 saturated heterocycles. The van der Waals surface area contributed by atoms with Crippen molar-refractivity contribution in [3.05, 3.63) is 35.9 Å². The normalized spacial score (nSPS) is 14.9. The second-order valence-electron chi connectivity index (χ2n) is 13.3. The zero-order chi connectivity index (χ0) is 40.2. The Bertz CT molecular complexity index is 1410. The number of rotatable bonds is 24. The van der Waals surface area contributed by atoms with E-state index in [0.717, 1.165) is 0 Å². The summed E-state index contributed by atoms with van der Waals surface area (Å²) in [5.74, 6) is -6.13. The van der Waals surface area contributed by atoms with Crippen LogP contribution in [0.4, 0.5) is 0 Å². The molecule has 7 amide bonds. The Labute approximate surface area is 314 Å². The molecule has 1 aromatic rings. The van der Waals surface area contributed by atoms with Gasteiger partial charge in [-0.25, -0.2) is 0 Å². The molecule has 0 aromatic heterocycles. The first-order valence-electron chi connectivity index (χ1n) is 17.5. The van der Waals surface area contributed by atoms with E-state index in [1.54, 1.807) is 44.2 Å². The Kier molecular flexibility index (Phi) is 20.8. The molecule has 0 saturated carbocycles. The number of nitrogens with one attached hydrogen (secondary N) is 6. The summed E-state index contributed by atoms with van der Waals surface area (Å²) in [6, 6.07) is 1.88. The van der Waals surface area contributed by atoms with Gasteiger partial charge in [-0.1, -0.05) is 64.4 Å². The summed E-state index contributed by atoms with van der Waals surface area (Å²) in [5.41, 5.74) is 11.7. The summed E-state index contributed by atoms with van der Waals surface area (Å²) in [5, 5.41) is 24.3. The lowest BCUT2D eigenvalue weighted by Crippen LogP contribution is -2.59. The monoisotopic (exact) mass is 764 g/mol. The van der Waals surface area contributed by atoms with Crippen molar-refractivity contribution in [1.29, 1.82) is 0 Å². The molecule has 0 heterocycles. The van der Waals surface area contributed by atoms with Gasteiger partial charge < -0.3 is 48.5 Å². The molecular weight excluding hydrogens is 708 g/mol. The van der Waals surface area contributed by atoms with Crippen molar-refractivity contribution in [3.8, 4) is 0 Å². The van der Waals surface area contributed by atoms with Gasteiger partial charge in [0.15, 0.2) is 0 Å². The summed E-state index contributed by atoms with van der Waals surface area (Å²) in [6.45, 7) is 8.06. The average molecular weight is 765 g/mol. The SMILES string of the molecule is CC[C@H](C)[C@H](NC(=O)[C@H](Cc1ccccc1)NC(=O)[C@H](C)NC(=O)[C@@H](N)CC(=O)O)C(=O)NCC(=O)N[C@@H](CC(C)C)C(=O)N[C@@H](CCSC)C(N)=O. The molecular formula is C35H56N8O9S. The van der Waals surface area contributed by atoms with E-state index in [0.29, 0.717) is 24.2 Å². The van der Waals surface area contributed by atoms with Crippen LogP contribution in [0.5, 0.6) is 0 Å². The minimum Gasteiger partial charge on any atom is -0.481 e. The van der Waals surface area contributed by atoms with Gasteiger partial charge in [-0.2, -0.15) is 11.8 Å². The van der Waals surface area contributed by atoms with Gasteiger partial charge in [0.25, 0.3) is 0 Å². The number of carboxylic acid groups (broad SMARTS) is 1. The molecule has 0 unspecified atom stereocenters. The van der Waals surface area contributed by atoms with Crippen molar-refractivity contribution in [2.45, 2.75) is 103 Å². The molecule has 0 aliphatic heterocycles. The number of hydrogen-bond donors (Lipinski definition) is 9. The van der Waals surface area contributed by atoms with Crippen molar-refractivity contribution in [2.75, 3.05) is 18.6 Å². The summed E-state index contributed by atoms with van der Waals surface area (Å²) in [6.07, 6.45) is 2.24. The Balaban J connectivity index is 3.08. The van der Waals surface area contributed by atoms with Gasteiger partial charge in [0.2, 0.25) is 41.4 Å². The van der Waals surface area contributed by atoms with Crippen LogP contribution >= 0.6 is 11.8 Å². The lowest BCUT2D eigenvalue weighted by Gasteiger charge is -2.27. The average Bonchev–Trinajstić information content (AvgIpc) is 3.09. The van der Waals surface area contributed by atoms with Crippen LogP contribution < -0.4 is 43.4 Å². The van der Waals surface area contributed by atoms with Gasteiger partial charge in [0, 0.05) is 6.42 Å². The number of thioether (sulfide) groups is 1. The maximum atomic E-state index is 13.7. The van der Waals surface area contributed by atoms with Crippen molar-refractivity contribution < 1.29 is 43.5 Å². The second-order valence-corrected chi connectivity index (χ2v) is 14.3. The summed E-state index contributed by atoms with van der Waals surface area (Å²) >= 11 is 1.49. The first kappa shape index (κ1) is 46.3. The first-order chi connectivity index (χ1) is 24.9. The van der Waals surface area contributed by atoms with Crippen molar-refractivity contribution in [2.24, 2.45) is 23.3 Å². The third-order valence-corrected chi connectivity index (χ3v) is 8.89. The smallest absolute Gasteiger partial charge is 0.305 e. The minimum atomic E-state index is -1.40. The summed E-state index contributed by atoms with van der Waals surface area (Å²) in [4.78, 5) is 101. The van der Waals surface area contributed by atoms with Gasteiger partial charge in [-0.05, 0) is 49.2 Å². The molecule has 0 fully saturated rings. The third-order valence-electron chi connectivity index (χ3n) is 8.24. The maximum Gasteiger partial charge on any atom is 0.305 e. The number of hydrogen-bond acceptors (Lipinski definition) is 10. The molecule has 0 radical (unpaired) electrons. The largest absolute Gasteiger partial charge is 0.481 e. The highest BCUT2D eigenvalue weighted by molar-refractivity contribution is 7.98. The lowest BCUT2D eigenvalue weighted by atomic mass is 9.97. The van der Waals surface area contributed by atoms with Crippen LogP contribution in [-0.4, -0.2) is 107 Å². The van der Waals surface area contributed by atoms with Crippen LogP contribution in [0.25, 0.3) is 0 Å². The van der Waals surface area contributed by atoms with E-state index in [-0.39, 0.29) is 18.8 Å². The Hall–Kier alpha value is -4.71. The van der Waals surface area contributed by atoms with Gasteiger partial charge >= 0.3 is 5.97 Å². The Morgan fingerprint density at radius 2 is 1.38 bits per heavy atom. The van der Waals surface area contributed by atoms with E-state index in [1.165, 1.54) is 18.7 Å². The number of carbonyl (C=O) groups excluding carboxylic acids is 7. The topological polar surface area (TPSA) is 281 Å². The van der Waals surface area contributed by atoms with Crippen molar-refractivity contribution in [1.82, 2.24) is 31.9 Å². The molecule has 7 atom stereocenters. The third kappa shape index (κ3) is 17.6. The highest BCUT2D eigenvalue weighted by Crippen LogP contribution is 2.11. The van der Waals surface area contributed by atoms with E-state index >= 15 is 0 Å². The molecule has 1 rings (SSSR count). The van der Waals surface area contributed by atoms with Crippen LogP contribution in [0.3, 0.4) is 0 Å². The molecule has 53 heavy (non-hydrogen) atoms. The van der Waals surface area contributed by atoms with Gasteiger partial charge in [-0.15, -0.1) is 0 Å². The number of nitrogens with two attached hydrogens (primary N) is 2. The van der Waals surface area contributed by atoms with E-state index in [9.17, 15) is 38.4 Å². The number of carboxylic acids is 1. The van der Waals surface area contributed by atoms with E-state index in [4.69, 9.17) is 16.6 Å². The fourth-order valence-electron chi connectivity index (χ4n) is 5.00. The molecule has 0 aliphatic carbocycles. The summed E-state index contributed by atoms with van der Waals surface area (Å²) < 4.78 is 0. The van der Waals surface area contributed by atoms with Crippen LogP contribution in [0.2, 0.25) is 0 Å². The molecule has 11 N–H and O–H groups in total. The fourth-order valence-corrected chi connectivity index (χ4v) is 5.47. The number of benzene rings is 1. The number of primary amides is 1. The van der Waals surface area contributed by atoms with Gasteiger partial charge in [0.05, 0.1) is 19.0 Å². The van der Waals surface area contributed by atoms with Crippen LogP contribution in [-0.2, 0) is 44.8 Å². The Morgan fingerprint density at radius 1 is 0.774 bits per heavy atom. The van der Waals surface area contributed by atoms with Crippen LogP contribution in [0, 0.1) is 11.8 Å². The number of amides is 7. The van der Waals surface area contributed by atoms with E-state index in [2.05, 4.69) is 31.9 Å². The zero-order valence-electron chi connectivity index (χ0n) is 31.2. The van der Waals surface area contributed by atoms with Crippen molar-refractivity contribution in [3.63, 3.8) is 0 Å². The van der Waals surface area contributed by atoms with E-state index in [1.807, 2.05) is 20.1 Å². The highest BCUT2D eigenvalue weighted by atomic mass is 32.2. The fraction of sp³-hybridized carbons (Fsp3) is 0.600. The van der Waals surface area contributed by atoms with E-state index < -0.39 is 102 Å². The quantitative estimate of drug-likeness (QED) is 0.0611. The number of aliphatic carboxylic acids is 1. The number of carbonyl (C=O) groups is 8. The summed E-state index contributed by atoms with van der Waals surface area (Å²) in [7, 11) is 0. The highest BCUT2D eigenvalue weighted by Gasteiger charge is 2.32.